The molecule has 1 rings (SSSR count). The number of esters is 3. The van der Waals surface area contributed by atoms with E-state index < -0.39 is 54.5 Å². The van der Waals surface area contributed by atoms with Gasteiger partial charge in [0.2, 0.25) is 5.91 Å². The number of carbonyl (C=O) groups is 4. The van der Waals surface area contributed by atoms with Crippen LogP contribution in [0, 0.1) is 5.92 Å². The van der Waals surface area contributed by atoms with Crippen molar-refractivity contribution in [3.05, 3.63) is 0 Å². The zero-order valence-corrected chi connectivity index (χ0v) is 19.6. The fourth-order valence-electron chi connectivity index (χ4n) is 3.08. The number of rotatable bonds is 12. The summed E-state index contributed by atoms with van der Waals surface area (Å²) in [6.45, 7) is 9.74. The second kappa shape index (κ2) is 14.0. The number of amides is 1. The average molecular weight is 462 g/mol. The van der Waals surface area contributed by atoms with Gasteiger partial charge in [-0.2, -0.15) is 0 Å². The maximum absolute atomic E-state index is 11.8. The molecule has 0 bridgehead atoms. The summed E-state index contributed by atoms with van der Waals surface area (Å²) in [6.07, 6.45) is -3.46. The molecule has 0 aromatic rings. The molecule has 0 aliphatic carbocycles. The summed E-state index contributed by atoms with van der Waals surface area (Å²) in [5, 5.41) is 2.64. The van der Waals surface area contributed by atoms with Crippen LogP contribution in [-0.2, 0) is 47.6 Å². The average Bonchev–Trinajstić information content (AvgIpc) is 2.65. The quantitative estimate of drug-likeness (QED) is 0.251. The van der Waals surface area contributed by atoms with Gasteiger partial charge in [0.15, 0.2) is 18.5 Å². The lowest BCUT2D eigenvalue weighted by Gasteiger charge is -2.44. The minimum absolute atomic E-state index is 0.129. The first-order valence-corrected chi connectivity index (χ1v) is 10.6. The van der Waals surface area contributed by atoms with Gasteiger partial charge in [0.05, 0.1) is 13.2 Å². The summed E-state index contributed by atoms with van der Waals surface area (Å²) in [5.41, 5.74) is 0. The largest absolute Gasteiger partial charge is 0.463 e. The SMILES string of the molecule is CC(=O)N[C@@H]1C(OCCOCCC(C)C)O[C@@H](COC(C)=O)[C@@H](OC(C)=O)[C@H]1OC(C)=O. The Hall–Kier alpha value is -2.24. The molecule has 11 heteroatoms. The van der Waals surface area contributed by atoms with Crippen molar-refractivity contribution >= 4 is 23.8 Å². The van der Waals surface area contributed by atoms with Gasteiger partial charge in [0, 0.05) is 34.3 Å². The summed E-state index contributed by atoms with van der Waals surface area (Å²) >= 11 is 0. The van der Waals surface area contributed by atoms with E-state index in [-0.39, 0.29) is 19.8 Å². The van der Waals surface area contributed by atoms with Crippen molar-refractivity contribution in [3.8, 4) is 0 Å². The van der Waals surface area contributed by atoms with Crippen LogP contribution in [0.2, 0.25) is 0 Å². The molecule has 5 atom stereocenters. The van der Waals surface area contributed by atoms with Crippen LogP contribution in [0.15, 0.2) is 0 Å². The zero-order valence-electron chi connectivity index (χ0n) is 19.6. The van der Waals surface area contributed by atoms with Crippen molar-refractivity contribution in [1.82, 2.24) is 5.32 Å². The van der Waals surface area contributed by atoms with E-state index in [0.29, 0.717) is 12.5 Å². The normalized spacial score (nSPS) is 25.2. The molecule has 1 unspecified atom stereocenters. The third kappa shape index (κ3) is 10.4. The van der Waals surface area contributed by atoms with Crippen LogP contribution in [-0.4, -0.2) is 80.9 Å². The summed E-state index contributed by atoms with van der Waals surface area (Å²) in [5.74, 6) is -1.82. The molecule has 0 aromatic carbocycles. The van der Waals surface area contributed by atoms with Gasteiger partial charge in [-0.15, -0.1) is 0 Å². The Labute approximate surface area is 188 Å². The Morgan fingerprint density at radius 1 is 0.875 bits per heavy atom. The maximum atomic E-state index is 11.8. The van der Waals surface area contributed by atoms with E-state index in [1.807, 2.05) is 0 Å². The topological polar surface area (TPSA) is 136 Å². The Balaban J connectivity index is 3.04. The lowest BCUT2D eigenvalue weighted by Crippen LogP contribution is -2.66. The predicted molar refractivity (Wildman–Crippen MR) is 110 cm³/mol. The van der Waals surface area contributed by atoms with Gasteiger partial charge in [0.1, 0.15) is 18.8 Å². The third-order valence-corrected chi connectivity index (χ3v) is 4.42. The van der Waals surface area contributed by atoms with Gasteiger partial charge < -0.3 is 33.7 Å². The van der Waals surface area contributed by atoms with Gasteiger partial charge in [-0.25, -0.2) is 0 Å². The van der Waals surface area contributed by atoms with Gasteiger partial charge in [0.25, 0.3) is 0 Å². The molecule has 1 fully saturated rings. The lowest BCUT2D eigenvalue weighted by atomic mass is 9.96. The van der Waals surface area contributed by atoms with E-state index >= 15 is 0 Å². The molecule has 11 nitrogen and oxygen atoms in total. The van der Waals surface area contributed by atoms with Crippen LogP contribution in [0.3, 0.4) is 0 Å². The molecule has 0 saturated carbocycles. The van der Waals surface area contributed by atoms with Gasteiger partial charge in [-0.05, 0) is 12.3 Å². The Morgan fingerprint density at radius 2 is 1.50 bits per heavy atom. The summed E-state index contributed by atoms with van der Waals surface area (Å²) in [4.78, 5) is 46.6. The molecule has 184 valence electrons. The van der Waals surface area contributed by atoms with E-state index in [9.17, 15) is 19.2 Å². The summed E-state index contributed by atoms with van der Waals surface area (Å²) in [6, 6.07) is -0.981. The van der Waals surface area contributed by atoms with Crippen LogP contribution in [0.5, 0.6) is 0 Å². The van der Waals surface area contributed by atoms with Crippen LogP contribution in [0.25, 0.3) is 0 Å². The van der Waals surface area contributed by atoms with E-state index in [2.05, 4.69) is 19.2 Å². The smallest absolute Gasteiger partial charge is 0.303 e. The minimum atomic E-state index is -1.14. The minimum Gasteiger partial charge on any atom is -0.463 e. The Kier molecular flexibility index (Phi) is 12.2. The maximum Gasteiger partial charge on any atom is 0.303 e. The fourth-order valence-corrected chi connectivity index (χ4v) is 3.08. The molecular formula is C21H35NO10. The van der Waals surface area contributed by atoms with Gasteiger partial charge in [-0.1, -0.05) is 13.8 Å². The molecular weight excluding hydrogens is 426 g/mol. The zero-order chi connectivity index (χ0) is 24.3. The highest BCUT2D eigenvalue weighted by molar-refractivity contribution is 5.73. The number of ether oxygens (including phenoxy) is 6. The fraction of sp³-hybridized carbons (Fsp3) is 0.810. The first-order chi connectivity index (χ1) is 15.0. The van der Waals surface area contributed by atoms with Crippen molar-refractivity contribution in [2.75, 3.05) is 26.4 Å². The molecule has 1 aliphatic rings. The monoisotopic (exact) mass is 461 g/mol. The van der Waals surface area contributed by atoms with Crippen molar-refractivity contribution in [3.63, 3.8) is 0 Å². The van der Waals surface area contributed by atoms with Crippen molar-refractivity contribution in [2.45, 2.75) is 78.6 Å². The second-order valence-corrected chi connectivity index (χ2v) is 7.89. The number of nitrogens with one attached hydrogen (secondary N) is 1. The Morgan fingerprint density at radius 3 is 2.03 bits per heavy atom. The van der Waals surface area contributed by atoms with Gasteiger partial charge >= 0.3 is 17.9 Å². The molecule has 1 aliphatic heterocycles. The van der Waals surface area contributed by atoms with E-state index in [1.54, 1.807) is 0 Å². The number of hydrogen-bond acceptors (Lipinski definition) is 10. The van der Waals surface area contributed by atoms with E-state index in [1.165, 1.54) is 27.7 Å². The van der Waals surface area contributed by atoms with Crippen molar-refractivity contribution in [1.29, 1.82) is 0 Å². The summed E-state index contributed by atoms with van der Waals surface area (Å²) in [7, 11) is 0. The third-order valence-electron chi connectivity index (χ3n) is 4.42. The van der Waals surface area contributed by atoms with Crippen LogP contribution in [0.4, 0.5) is 0 Å². The molecule has 1 N–H and O–H groups in total. The van der Waals surface area contributed by atoms with Crippen molar-refractivity contribution in [2.24, 2.45) is 5.92 Å². The molecule has 1 saturated heterocycles. The highest BCUT2D eigenvalue weighted by Gasteiger charge is 2.51. The molecule has 0 aromatic heterocycles. The molecule has 1 heterocycles. The Bertz CT molecular complexity index is 638. The highest BCUT2D eigenvalue weighted by atomic mass is 16.7. The molecule has 1 amide bonds. The summed E-state index contributed by atoms with van der Waals surface area (Å²) < 4.78 is 32.9. The molecule has 32 heavy (non-hydrogen) atoms. The number of hydrogen-bond donors (Lipinski definition) is 1. The lowest BCUT2D eigenvalue weighted by molar-refractivity contribution is -0.279. The first-order valence-electron chi connectivity index (χ1n) is 10.6. The highest BCUT2D eigenvalue weighted by Crippen LogP contribution is 2.28. The van der Waals surface area contributed by atoms with E-state index in [0.717, 1.165) is 6.42 Å². The van der Waals surface area contributed by atoms with Crippen LogP contribution < -0.4 is 5.32 Å². The molecule has 0 spiro atoms. The van der Waals surface area contributed by atoms with Crippen LogP contribution >= 0.6 is 0 Å². The standard InChI is InChI=1S/C21H35NO10/c1-12(2)7-8-27-9-10-28-21-18(22-13(3)23)20(31-16(6)26)19(30-15(5)25)17(32-21)11-29-14(4)24/h12,17-21H,7-11H2,1-6H3,(H,22,23)/t17-,18-,19+,20-,21?/m0/s1. The molecule has 0 radical (unpaired) electrons. The van der Waals surface area contributed by atoms with Crippen molar-refractivity contribution < 1.29 is 47.6 Å². The first kappa shape index (κ1) is 27.8. The second-order valence-electron chi connectivity index (χ2n) is 7.89. The number of carbonyl (C=O) groups excluding carboxylic acids is 4. The van der Waals surface area contributed by atoms with Gasteiger partial charge in [-0.3, -0.25) is 19.2 Å². The van der Waals surface area contributed by atoms with Crippen LogP contribution in [0.1, 0.15) is 48.0 Å². The predicted octanol–water partition coefficient (Wildman–Crippen LogP) is 0.722. The van der Waals surface area contributed by atoms with E-state index in [4.69, 9.17) is 28.4 Å².